The molecule has 1 aliphatic rings. The molecular weight excluding hydrogens is 451 g/mol. The van der Waals surface area contributed by atoms with E-state index >= 15 is 0 Å². The molecule has 1 unspecified atom stereocenters. The van der Waals surface area contributed by atoms with Gasteiger partial charge in [-0.3, -0.25) is 9.80 Å². The number of nitrogens with zero attached hydrogens (tertiary/aromatic N) is 2. The van der Waals surface area contributed by atoms with Crippen molar-refractivity contribution in [2.75, 3.05) is 5.01 Å². The number of phenolic OH excluding ortho intramolecular Hbond substituents is 1. The summed E-state index contributed by atoms with van der Waals surface area (Å²) in [5.41, 5.74) is -0.0266. The molecule has 0 radical (unpaired) electrons. The normalized spacial score (nSPS) is 18.8. The molecule has 3 aromatic carbocycles. The number of rotatable bonds is 3. The number of thiol groups is 1. The molecule has 0 amide bonds. The van der Waals surface area contributed by atoms with Crippen molar-refractivity contribution in [1.29, 1.82) is 5.26 Å². The van der Waals surface area contributed by atoms with Gasteiger partial charge in [-0.15, -0.1) is 0 Å². The average molecular weight is 472 g/mol. The summed E-state index contributed by atoms with van der Waals surface area (Å²) in [6.45, 7) is 3.43. The third-order valence-electron chi connectivity index (χ3n) is 5.50. The predicted molar refractivity (Wildman–Crippen MR) is 122 cm³/mol. The molecule has 2 N–H and O–H groups in total. The smallest absolute Gasteiger partial charge is 0.417 e. The number of aromatic hydroxyl groups is 1. The topological polar surface area (TPSA) is 76.4 Å². The molecule has 9 heteroatoms. The molecule has 4 rings (SSSR count). The summed E-state index contributed by atoms with van der Waals surface area (Å²) in [5.74, 6) is 0.168. The van der Waals surface area contributed by atoms with Gasteiger partial charge in [0.15, 0.2) is 0 Å². The molecule has 0 aromatic heterocycles. The molecule has 1 atom stereocenters. The lowest BCUT2D eigenvalue weighted by Gasteiger charge is -2.30. The molecule has 170 valence electrons. The van der Waals surface area contributed by atoms with Crippen molar-refractivity contribution in [3.05, 3.63) is 77.9 Å². The van der Waals surface area contributed by atoms with Gasteiger partial charge < -0.3 is 5.11 Å². The first-order valence-electron chi connectivity index (χ1n) is 9.94. The number of nitriles is 1. The first kappa shape index (κ1) is 22.7. The van der Waals surface area contributed by atoms with Crippen LogP contribution in [-0.2, 0) is 11.0 Å². The fourth-order valence-electron chi connectivity index (χ4n) is 3.66. The molecule has 5 nitrogen and oxygen atoms in total. The van der Waals surface area contributed by atoms with Crippen LogP contribution in [0.25, 0.3) is 11.1 Å². The van der Waals surface area contributed by atoms with E-state index in [0.29, 0.717) is 5.69 Å². The van der Waals surface area contributed by atoms with Gasteiger partial charge in [0.05, 0.1) is 22.9 Å². The summed E-state index contributed by atoms with van der Waals surface area (Å²) < 4.78 is 40.3. The molecule has 0 aliphatic carbocycles. The van der Waals surface area contributed by atoms with E-state index < -0.39 is 33.9 Å². The molecule has 3 aromatic rings. The number of halogens is 3. The Bertz CT molecular complexity index is 1250. The Kier molecular flexibility index (Phi) is 5.60. The van der Waals surface area contributed by atoms with E-state index in [1.807, 2.05) is 24.3 Å². The Balaban J connectivity index is 1.66. The van der Waals surface area contributed by atoms with Crippen molar-refractivity contribution in [1.82, 2.24) is 4.83 Å². The number of carbonyl (C=O) groups is 1. The number of benzene rings is 3. The van der Waals surface area contributed by atoms with E-state index in [9.17, 15) is 23.1 Å². The van der Waals surface area contributed by atoms with Gasteiger partial charge in [-0.25, -0.2) is 0 Å². The fraction of sp³-hybridized carbons (Fsp3) is 0.167. The summed E-state index contributed by atoms with van der Waals surface area (Å²) >= 11 is -1.79. The van der Waals surface area contributed by atoms with Gasteiger partial charge >= 0.3 is 6.18 Å². The van der Waals surface area contributed by atoms with Gasteiger partial charge in [0.25, 0.3) is 0 Å². The van der Waals surface area contributed by atoms with E-state index in [2.05, 4.69) is 4.83 Å². The molecule has 1 aliphatic heterocycles. The van der Waals surface area contributed by atoms with Crippen molar-refractivity contribution in [3.63, 3.8) is 0 Å². The number of nitrogens with one attached hydrogen (secondary N) is 1. The minimum atomic E-state index is -4.70. The predicted octanol–water partition coefficient (Wildman–Crippen LogP) is 5.55. The minimum Gasteiger partial charge on any atom is -0.508 e. The number of carbonyl (C=O) groups excluding carboxylic acids is 1. The quantitative estimate of drug-likeness (QED) is 0.437. The molecule has 0 spiro atoms. The van der Waals surface area contributed by atoms with E-state index in [1.54, 1.807) is 49.2 Å². The highest BCUT2D eigenvalue weighted by atomic mass is 32.2. The van der Waals surface area contributed by atoms with Crippen LogP contribution in [0.2, 0.25) is 0 Å². The first-order valence-corrected chi connectivity index (χ1v) is 11.3. The van der Waals surface area contributed by atoms with Crippen LogP contribution in [-0.4, -0.2) is 15.8 Å². The van der Waals surface area contributed by atoms with E-state index in [-0.39, 0.29) is 15.8 Å². The van der Waals surface area contributed by atoms with Gasteiger partial charge in [-0.05, 0) is 67.4 Å². The van der Waals surface area contributed by atoms with Crippen molar-refractivity contribution in [2.24, 2.45) is 0 Å². The molecule has 1 heterocycles. The molecule has 1 fully saturated rings. The van der Waals surface area contributed by atoms with Crippen LogP contribution in [0.5, 0.6) is 5.75 Å². The Morgan fingerprint density at radius 1 is 1.00 bits per heavy atom. The average Bonchev–Trinajstić information content (AvgIpc) is 3.02. The SMILES string of the molecule is CC1(C)C(=O)[SH](c2ccc(C#N)c(C(F)(F)F)c2)NN1c1ccc(-c2ccc(O)cc2)cc1. The summed E-state index contributed by atoms with van der Waals surface area (Å²) in [7, 11) is 0. The zero-order chi connectivity index (χ0) is 24.0. The van der Waals surface area contributed by atoms with Crippen LogP contribution >= 0.6 is 11.1 Å². The van der Waals surface area contributed by atoms with Crippen LogP contribution in [0.4, 0.5) is 18.9 Å². The van der Waals surface area contributed by atoms with Crippen LogP contribution < -0.4 is 9.84 Å². The Morgan fingerprint density at radius 2 is 1.58 bits per heavy atom. The van der Waals surface area contributed by atoms with E-state index in [0.717, 1.165) is 23.3 Å². The maximum absolute atomic E-state index is 13.4. The highest BCUT2D eigenvalue weighted by Crippen LogP contribution is 2.48. The number of hydrazine groups is 1. The lowest BCUT2D eigenvalue weighted by molar-refractivity contribution is -0.138. The number of anilines is 1. The minimum absolute atomic E-state index is 0.168. The summed E-state index contributed by atoms with van der Waals surface area (Å²) in [4.78, 5) is 16.5. The van der Waals surface area contributed by atoms with Crippen LogP contribution in [0.1, 0.15) is 25.0 Å². The Morgan fingerprint density at radius 3 is 2.12 bits per heavy atom. The second-order valence-electron chi connectivity index (χ2n) is 8.07. The van der Waals surface area contributed by atoms with Gasteiger partial charge in [-0.1, -0.05) is 35.3 Å². The molecule has 33 heavy (non-hydrogen) atoms. The molecule has 0 saturated carbocycles. The standard InChI is InChI=1S/C24H20F3N3O2S/c1-23(2)22(32)33(20-12-7-17(14-28)21(13-20)24(25,26)27)29-30(23)18-8-3-15(4-9-18)16-5-10-19(31)11-6-16/h3-13,29,31,33H,1-2H3. The van der Waals surface area contributed by atoms with Crippen LogP contribution in [0, 0.1) is 11.3 Å². The highest BCUT2D eigenvalue weighted by Gasteiger charge is 2.46. The number of hydrogen-bond donors (Lipinski definition) is 3. The highest BCUT2D eigenvalue weighted by molar-refractivity contribution is 8.28. The lowest BCUT2D eigenvalue weighted by atomic mass is 10.0. The zero-order valence-corrected chi connectivity index (χ0v) is 18.6. The fourth-order valence-corrected chi connectivity index (χ4v) is 5.79. The third-order valence-corrected chi connectivity index (χ3v) is 7.65. The summed E-state index contributed by atoms with van der Waals surface area (Å²) in [6.07, 6.45) is -4.70. The largest absolute Gasteiger partial charge is 0.508 e. The first-order chi connectivity index (χ1) is 15.5. The van der Waals surface area contributed by atoms with Crippen molar-refractivity contribution < 1.29 is 23.1 Å². The summed E-state index contributed by atoms with van der Waals surface area (Å²) in [5, 5.41) is 19.9. The number of phenols is 1. The van der Waals surface area contributed by atoms with E-state index in [1.165, 1.54) is 6.07 Å². The zero-order valence-electron chi connectivity index (χ0n) is 17.7. The Labute approximate surface area is 191 Å². The monoisotopic (exact) mass is 471 g/mol. The third kappa shape index (κ3) is 4.15. The number of hydrogen-bond acceptors (Lipinski definition) is 5. The van der Waals surface area contributed by atoms with Crippen molar-refractivity contribution in [3.8, 4) is 22.9 Å². The molecule has 0 bridgehead atoms. The summed E-state index contributed by atoms with van der Waals surface area (Å²) in [6, 6.07) is 19.1. The van der Waals surface area contributed by atoms with Crippen LogP contribution in [0.15, 0.2) is 71.6 Å². The van der Waals surface area contributed by atoms with E-state index in [4.69, 9.17) is 5.26 Å². The second kappa shape index (κ2) is 8.14. The van der Waals surface area contributed by atoms with Gasteiger partial charge in [0.2, 0.25) is 5.12 Å². The molecule has 1 saturated heterocycles. The maximum Gasteiger partial charge on any atom is 0.417 e. The van der Waals surface area contributed by atoms with Gasteiger partial charge in [0, 0.05) is 4.90 Å². The van der Waals surface area contributed by atoms with Gasteiger partial charge in [0.1, 0.15) is 11.3 Å². The molecular formula is C24H20F3N3O2S. The second-order valence-corrected chi connectivity index (χ2v) is 9.86. The Hall–Kier alpha value is -3.48. The van der Waals surface area contributed by atoms with Crippen molar-refractivity contribution >= 4 is 21.9 Å². The maximum atomic E-state index is 13.4. The van der Waals surface area contributed by atoms with Crippen molar-refractivity contribution in [2.45, 2.75) is 30.5 Å². The number of alkyl halides is 3. The lowest BCUT2D eigenvalue weighted by Crippen LogP contribution is -2.46. The van der Waals surface area contributed by atoms with Crippen LogP contribution in [0.3, 0.4) is 0 Å². The van der Waals surface area contributed by atoms with Gasteiger partial charge in [-0.2, -0.15) is 23.3 Å².